The molecule has 0 aromatic heterocycles. The molecule has 0 bridgehead atoms. The van der Waals surface area contributed by atoms with Crippen LogP contribution in [0.25, 0.3) is 0 Å². The van der Waals surface area contributed by atoms with E-state index in [1.165, 1.54) is 5.57 Å². The Balaban J connectivity index is 2.08. The molecule has 2 aromatic carbocycles. The fourth-order valence-corrected chi connectivity index (χ4v) is 2.11. The Kier molecular flexibility index (Phi) is 5.55. The van der Waals surface area contributed by atoms with E-state index in [-0.39, 0.29) is 6.04 Å². The number of benzene rings is 2. The SMILES string of the molecule is CC(C)=CC(NN)c1cccc(OCc2ccccc2)c1. The molecule has 110 valence electrons. The second-order valence-electron chi connectivity index (χ2n) is 5.24. The standard InChI is InChI=1S/C18H22N2O/c1-14(2)11-18(20-19)16-9-6-10-17(12-16)21-13-15-7-4-3-5-8-15/h3-12,18,20H,13,19H2,1-2H3. The van der Waals surface area contributed by atoms with Gasteiger partial charge in [-0.25, -0.2) is 5.43 Å². The van der Waals surface area contributed by atoms with Gasteiger partial charge < -0.3 is 4.74 Å². The van der Waals surface area contributed by atoms with Gasteiger partial charge in [-0.2, -0.15) is 0 Å². The predicted octanol–water partition coefficient (Wildman–Crippen LogP) is 3.74. The van der Waals surface area contributed by atoms with Crippen molar-refractivity contribution in [3.05, 3.63) is 77.4 Å². The zero-order chi connectivity index (χ0) is 15.1. The van der Waals surface area contributed by atoms with Gasteiger partial charge in [-0.3, -0.25) is 5.84 Å². The third kappa shape index (κ3) is 4.74. The molecule has 2 rings (SSSR count). The lowest BCUT2D eigenvalue weighted by Crippen LogP contribution is -2.26. The third-order valence-corrected chi connectivity index (χ3v) is 3.15. The molecule has 1 unspecified atom stereocenters. The third-order valence-electron chi connectivity index (χ3n) is 3.15. The van der Waals surface area contributed by atoms with Crippen LogP contribution in [-0.4, -0.2) is 0 Å². The lowest BCUT2D eigenvalue weighted by molar-refractivity contribution is 0.305. The number of allylic oxidation sites excluding steroid dienone is 1. The molecular formula is C18H22N2O. The molecule has 0 heterocycles. The van der Waals surface area contributed by atoms with Crippen molar-refractivity contribution < 1.29 is 4.74 Å². The normalized spacial score (nSPS) is 11.8. The second-order valence-corrected chi connectivity index (χ2v) is 5.24. The first-order valence-electron chi connectivity index (χ1n) is 7.07. The quantitative estimate of drug-likeness (QED) is 0.482. The van der Waals surface area contributed by atoms with E-state index >= 15 is 0 Å². The molecule has 0 saturated carbocycles. The van der Waals surface area contributed by atoms with Crippen molar-refractivity contribution >= 4 is 0 Å². The van der Waals surface area contributed by atoms with E-state index in [0.717, 1.165) is 16.9 Å². The molecule has 0 radical (unpaired) electrons. The van der Waals surface area contributed by atoms with Crippen LogP contribution in [0.4, 0.5) is 0 Å². The Hall–Kier alpha value is -2.10. The van der Waals surface area contributed by atoms with Crippen molar-refractivity contribution in [3.63, 3.8) is 0 Å². The number of ether oxygens (including phenoxy) is 1. The van der Waals surface area contributed by atoms with Gasteiger partial charge in [-0.05, 0) is 37.1 Å². The number of hydrogen-bond acceptors (Lipinski definition) is 3. The van der Waals surface area contributed by atoms with Crippen molar-refractivity contribution in [1.29, 1.82) is 0 Å². The summed E-state index contributed by atoms with van der Waals surface area (Å²) in [5, 5.41) is 0. The molecule has 1 atom stereocenters. The van der Waals surface area contributed by atoms with Crippen LogP contribution in [0, 0.1) is 0 Å². The van der Waals surface area contributed by atoms with Crippen molar-refractivity contribution in [1.82, 2.24) is 5.43 Å². The van der Waals surface area contributed by atoms with Crippen LogP contribution in [0.2, 0.25) is 0 Å². The van der Waals surface area contributed by atoms with E-state index in [0.29, 0.717) is 6.61 Å². The van der Waals surface area contributed by atoms with Gasteiger partial charge in [0.15, 0.2) is 0 Å². The largest absolute Gasteiger partial charge is 0.489 e. The van der Waals surface area contributed by atoms with Crippen molar-refractivity contribution in [2.24, 2.45) is 5.84 Å². The zero-order valence-corrected chi connectivity index (χ0v) is 12.5. The molecule has 0 aliphatic carbocycles. The minimum absolute atomic E-state index is 0.00437. The average Bonchev–Trinajstić information content (AvgIpc) is 2.52. The number of nitrogens with two attached hydrogens (primary N) is 1. The van der Waals surface area contributed by atoms with Crippen LogP contribution in [0.15, 0.2) is 66.2 Å². The van der Waals surface area contributed by atoms with Gasteiger partial charge in [-0.1, -0.05) is 54.1 Å². The fourth-order valence-electron chi connectivity index (χ4n) is 2.11. The van der Waals surface area contributed by atoms with Crippen molar-refractivity contribution in [3.8, 4) is 5.75 Å². The predicted molar refractivity (Wildman–Crippen MR) is 86.7 cm³/mol. The van der Waals surface area contributed by atoms with E-state index in [2.05, 4.69) is 37.5 Å². The molecular weight excluding hydrogens is 260 g/mol. The maximum Gasteiger partial charge on any atom is 0.120 e. The first kappa shape index (κ1) is 15.3. The van der Waals surface area contributed by atoms with Crippen LogP contribution in [-0.2, 0) is 6.61 Å². The van der Waals surface area contributed by atoms with Gasteiger partial charge in [0.1, 0.15) is 12.4 Å². The Morgan fingerprint density at radius 3 is 2.57 bits per heavy atom. The summed E-state index contributed by atoms with van der Waals surface area (Å²) in [6, 6.07) is 18.1. The Labute approximate surface area is 126 Å². The van der Waals surface area contributed by atoms with Crippen molar-refractivity contribution in [2.75, 3.05) is 0 Å². The number of hydrazine groups is 1. The average molecular weight is 282 g/mol. The Bertz CT molecular complexity index is 589. The highest BCUT2D eigenvalue weighted by atomic mass is 16.5. The van der Waals surface area contributed by atoms with Crippen LogP contribution in [0.5, 0.6) is 5.75 Å². The molecule has 0 saturated heterocycles. The van der Waals surface area contributed by atoms with Gasteiger partial charge in [0.25, 0.3) is 0 Å². The lowest BCUT2D eigenvalue weighted by atomic mass is 10.1. The summed E-state index contributed by atoms with van der Waals surface area (Å²) in [5.74, 6) is 6.48. The maximum atomic E-state index is 5.84. The molecule has 0 aliphatic rings. The van der Waals surface area contributed by atoms with Crippen LogP contribution >= 0.6 is 0 Å². The minimum Gasteiger partial charge on any atom is -0.489 e. The summed E-state index contributed by atoms with van der Waals surface area (Å²) in [6.45, 7) is 4.67. The second kappa shape index (κ2) is 7.62. The van der Waals surface area contributed by atoms with Crippen LogP contribution in [0.1, 0.15) is 31.0 Å². The summed E-state index contributed by atoms with van der Waals surface area (Å²) in [5.41, 5.74) is 6.28. The first-order chi connectivity index (χ1) is 10.2. The summed E-state index contributed by atoms with van der Waals surface area (Å²) in [7, 11) is 0. The van der Waals surface area contributed by atoms with Gasteiger partial charge in [-0.15, -0.1) is 0 Å². The smallest absolute Gasteiger partial charge is 0.120 e. The van der Waals surface area contributed by atoms with Crippen LogP contribution < -0.4 is 16.0 Å². The molecule has 0 amide bonds. The lowest BCUT2D eigenvalue weighted by Gasteiger charge is -2.14. The molecule has 3 heteroatoms. The van der Waals surface area contributed by atoms with Gasteiger partial charge in [0.2, 0.25) is 0 Å². The fraction of sp³-hybridized carbons (Fsp3) is 0.222. The molecule has 0 aliphatic heterocycles. The molecule has 3 N–H and O–H groups in total. The van der Waals surface area contributed by atoms with E-state index in [9.17, 15) is 0 Å². The molecule has 3 nitrogen and oxygen atoms in total. The first-order valence-corrected chi connectivity index (χ1v) is 7.07. The number of hydrogen-bond donors (Lipinski definition) is 2. The van der Waals surface area contributed by atoms with Gasteiger partial charge >= 0.3 is 0 Å². The summed E-state index contributed by atoms with van der Waals surface area (Å²) < 4.78 is 5.84. The monoisotopic (exact) mass is 282 g/mol. The highest BCUT2D eigenvalue weighted by molar-refractivity contribution is 5.33. The van der Waals surface area contributed by atoms with E-state index < -0.39 is 0 Å². The van der Waals surface area contributed by atoms with E-state index in [1.807, 2.05) is 42.5 Å². The minimum atomic E-state index is -0.00437. The van der Waals surface area contributed by atoms with Gasteiger partial charge in [0.05, 0.1) is 6.04 Å². The topological polar surface area (TPSA) is 47.3 Å². The molecule has 2 aromatic rings. The highest BCUT2D eigenvalue weighted by Gasteiger charge is 2.07. The summed E-state index contributed by atoms with van der Waals surface area (Å²) in [4.78, 5) is 0. The summed E-state index contributed by atoms with van der Waals surface area (Å²) in [6.07, 6.45) is 2.09. The highest BCUT2D eigenvalue weighted by Crippen LogP contribution is 2.21. The van der Waals surface area contributed by atoms with Gasteiger partial charge in [0, 0.05) is 0 Å². The number of nitrogens with one attached hydrogen (secondary N) is 1. The van der Waals surface area contributed by atoms with E-state index in [4.69, 9.17) is 10.6 Å². The Morgan fingerprint density at radius 2 is 1.90 bits per heavy atom. The molecule has 21 heavy (non-hydrogen) atoms. The molecule has 0 spiro atoms. The summed E-state index contributed by atoms with van der Waals surface area (Å²) >= 11 is 0. The zero-order valence-electron chi connectivity index (χ0n) is 12.5. The van der Waals surface area contributed by atoms with Crippen LogP contribution in [0.3, 0.4) is 0 Å². The van der Waals surface area contributed by atoms with E-state index in [1.54, 1.807) is 0 Å². The Morgan fingerprint density at radius 1 is 1.14 bits per heavy atom. The number of rotatable bonds is 6. The van der Waals surface area contributed by atoms with Crippen molar-refractivity contribution in [2.45, 2.75) is 26.5 Å². The molecule has 0 fully saturated rings. The maximum absolute atomic E-state index is 5.84.